The molecule has 2 heterocycles. The summed E-state index contributed by atoms with van der Waals surface area (Å²) in [6, 6.07) is 17.3. The Morgan fingerprint density at radius 1 is 1.13 bits per heavy atom. The van der Waals surface area contributed by atoms with Crippen LogP contribution in [0, 0.1) is 12.3 Å². The van der Waals surface area contributed by atoms with E-state index in [9.17, 15) is 0 Å². The van der Waals surface area contributed by atoms with Crippen LogP contribution in [0.1, 0.15) is 24.0 Å². The van der Waals surface area contributed by atoms with Crippen LogP contribution in [-0.4, -0.2) is 43.0 Å². The maximum absolute atomic E-state index is 8.99. The van der Waals surface area contributed by atoms with E-state index in [0.29, 0.717) is 5.84 Å². The minimum absolute atomic E-state index is 0.264. The molecule has 1 saturated heterocycles. The van der Waals surface area contributed by atoms with E-state index in [1.807, 2.05) is 7.05 Å². The highest BCUT2D eigenvalue weighted by molar-refractivity contribution is 7.98. The quantitative estimate of drug-likeness (QED) is 0.279. The molecule has 1 aromatic heterocycles. The van der Waals surface area contributed by atoms with Crippen molar-refractivity contribution in [1.29, 1.82) is 5.41 Å². The van der Waals surface area contributed by atoms with Crippen LogP contribution in [0.25, 0.3) is 16.8 Å². The van der Waals surface area contributed by atoms with Crippen LogP contribution in [0.4, 0.5) is 5.82 Å². The number of amidine groups is 1. The first-order valence-electron chi connectivity index (χ1n) is 10.7. The van der Waals surface area contributed by atoms with E-state index in [1.54, 1.807) is 11.8 Å². The Balaban J connectivity index is 1.81. The average molecular weight is 435 g/mol. The Bertz CT molecular complexity index is 1050. The number of hydrogen-bond acceptors (Lipinski definition) is 4. The lowest BCUT2D eigenvalue weighted by atomic mass is 10.0. The molecule has 0 aliphatic carbocycles. The van der Waals surface area contributed by atoms with Crippen LogP contribution in [0.5, 0.6) is 0 Å². The van der Waals surface area contributed by atoms with Crippen molar-refractivity contribution in [3.05, 3.63) is 65.9 Å². The molecule has 0 spiro atoms. The average Bonchev–Trinajstić information content (AvgIpc) is 3.19. The first kappa shape index (κ1) is 21.5. The van der Waals surface area contributed by atoms with Gasteiger partial charge in [-0.05, 0) is 61.4 Å². The molecule has 6 heteroatoms. The zero-order valence-corrected chi connectivity index (χ0v) is 19.2. The molecule has 4 rings (SSSR count). The second-order valence-corrected chi connectivity index (χ2v) is 8.74. The van der Waals surface area contributed by atoms with Crippen LogP contribution in [0.15, 0.2) is 59.6 Å². The lowest BCUT2D eigenvalue weighted by Crippen LogP contribution is -2.39. The molecule has 0 atom stereocenters. The van der Waals surface area contributed by atoms with Crippen molar-refractivity contribution in [3.8, 4) is 16.8 Å². The third-order valence-corrected chi connectivity index (χ3v) is 6.49. The largest absolute Gasteiger partial charge is 0.381 e. The monoisotopic (exact) mass is 434 g/mol. The first-order valence-corrected chi connectivity index (χ1v) is 11.9. The van der Waals surface area contributed by atoms with Crippen molar-refractivity contribution in [2.45, 2.75) is 30.7 Å². The number of thioether (sulfide) groups is 1. The molecule has 2 aromatic carbocycles. The van der Waals surface area contributed by atoms with Crippen LogP contribution >= 0.6 is 11.8 Å². The molecule has 1 aliphatic heterocycles. The van der Waals surface area contributed by atoms with Crippen LogP contribution < -0.4 is 10.6 Å². The van der Waals surface area contributed by atoms with E-state index in [4.69, 9.17) is 10.1 Å². The number of hydrogen-bond donors (Lipinski definition) is 3. The standard InChI is InChI=1S/C25H30N4OS/c1-17-5-4-6-20(15-17)29-16-22(18-7-9-21(31-3)10-8-18)23(25(29)27-2)24(26)28-19-11-13-30-14-12-19/h4-10,15-16,19,27H,11-14H2,1-3H3,(H2,26,28). The summed E-state index contributed by atoms with van der Waals surface area (Å²) in [4.78, 5) is 1.23. The van der Waals surface area contributed by atoms with Gasteiger partial charge < -0.3 is 19.9 Å². The molecule has 0 unspecified atom stereocenters. The molecular formula is C25H30N4OS. The highest BCUT2D eigenvalue weighted by Gasteiger charge is 2.23. The van der Waals surface area contributed by atoms with Gasteiger partial charge in [-0.3, -0.25) is 5.41 Å². The van der Waals surface area contributed by atoms with Gasteiger partial charge in [-0.1, -0.05) is 24.3 Å². The van der Waals surface area contributed by atoms with E-state index in [2.05, 4.69) is 83.1 Å². The van der Waals surface area contributed by atoms with Gasteiger partial charge in [-0.15, -0.1) is 11.8 Å². The highest BCUT2D eigenvalue weighted by atomic mass is 32.2. The second-order valence-electron chi connectivity index (χ2n) is 7.86. The summed E-state index contributed by atoms with van der Waals surface area (Å²) < 4.78 is 7.64. The van der Waals surface area contributed by atoms with Crippen molar-refractivity contribution in [3.63, 3.8) is 0 Å². The van der Waals surface area contributed by atoms with E-state index in [1.165, 1.54) is 10.5 Å². The number of anilines is 1. The molecule has 3 N–H and O–H groups in total. The normalized spacial score (nSPS) is 14.4. The fraction of sp³-hybridized carbons (Fsp3) is 0.320. The molecular weight excluding hydrogens is 404 g/mol. The number of nitrogens with zero attached hydrogens (tertiary/aromatic N) is 1. The summed E-state index contributed by atoms with van der Waals surface area (Å²) in [5.74, 6) is 1.37. The molecule has 31 heavy (non-hydrogen) atoms. The molecule has 0 saturated carbocycles. The van der Waals surface area contributed by atoms with Crippen molar-refractivity contribution in [2.24, 2.45) is 0 Å². The molecule has 5 nitrogen and oxygen atoms in total. The van der Waals surface area contributed by atoms with Gasteiger partial charge in [0.15, 0.2) is 0 Å². The van der Waals surface area contributed by atoms with Gasteiger partial charge in [0.1, 0.15) is 11.7 Å². The van der Waals surface area contributed by atoms with E-state index in [0.717, 1.165) is 54.3 Å². The van der Waals surface area contributed by atoms with Gasteiger partial charge >= 0.3 is 0 Å². The Kier molecular flexibility index (Phi) is 6.68. The molecule has 0 amide bonds. The summed E-state index contributed by atoms with van der Waals surface area (Å²) in [6.45, 7) is 3.60. The van der Waals surface area contributed by atoms with E-state index >= 15 is 0 Å². The zero-order valence-electron chi connectivity index (χ0n) is 18.4. The molecule has 0 bridgehead atoms. The Labute approximate surface area is 188 Å². The number of benzene rings is 2. The maximum Gasteiger partial charge on any atom is 0.130 e. The minimum Gasteiger partial charge on any atom is -0.381 e. The SMILES string of the molecule is CNc1c(C(=N)NC2CCOCC2)c(-c2ccc(SC)cc2)cn1-c1cccc(C)c1. The molecule has 0 radical (unpaired) electrons. The predicted molar refractivity (Wildman–Crippen MR) is 131 cm³/mol. The van der Waals surface area contributed by atoms with Gasteiger partial charge in [0, 0.05) is 48.6 Å². The fourth-order valence-electron chi connectivity index (χ4n) is 4.09. The van der Waals surface area contributed by atoms with Gasteiger partial charge in [0.05, 0.1) is 5.56 Å². The van der Waals surface area contributed by atoms with Crippen LogP contribution in [0.3, 0.4) is 0 Å². The topological polar surface area (TPSA) is 62.1 Å². The fourth-order valence-corrected chi connectivity index (χ4v) is 4.50. The van der Waals surface area contributed by atoms with Gasteiger partial charge in [-0.25, -0.2) is 0 Å². The smallest absolute Gasteiger partial charge is 0.130 e. The summed E-state index contributed by atoms with van der Waals surface area (Å²) in [7, 11) is 1.92. The number of nitrogens with one attached hydrogen (secondary N) is 3. The zero-order chi connectivity index (χ0) is 21.8. The number of ether oxygens (including phenoxy) is 1. The maximum atomic E-state index is 8.99. The van der Waals surface area contributed by atoms with Gasteiger partial charge in [0.2, 0.25) is 0 Å². The minimum atomic E-state index is 0.264. The van der Waals surface area contributed by atoms with Crippen molar-refractivity contribution < 1.29 is 4.74 Å². The summed E-state index contributed by atoms with van der Waals surface area (Å²) in [5, 5.41) is 15.8. The van der Waals surface area contributed by atoms with Gasteiger partial charge in [-0.2, -0.15) is 0 Å². The van der Waals surface area contributed by atoms with Crippen LogP contribution in [0.2, 0.25) is 0 Å². The number of aryl methyl sites for hydroxylation is 1. The Hall–Kier alpha value is -2.70. The van der Waals surface area contributed by atoms with Crippen molar-refractivity contribution in [2.75, 3.05) is 31.8 Å². The van der Waals surface area contributed by atoms with Crippen LogP contribution in [-0.2, 0) is 4.74 Å². The lowest BCUT2D eigenvalue weighted by Gasteiger charge is -2.25. The predicted octanol–water partition coefficient (Wildman–Crippen LogP) is 5.31. The highest BCUT2D eigenvalue weighted by Crippen LogP contribution is 2.35. The van der Waals surface area contributed by atoms with E-state index < -0.39 is 0 Å². The third kappa shape index (κ3) is 4.65. The third-order valence-electron chi connectivity index (χ3n) is 5.74. The lowest BCUT2D eigenvalue weighted by molar-refractivity contribution is 0.0824. The Morgan fingerprint density at radius 2 is 1.87 bits per heavy atom. The van der Waals surface area contributed by atoms with E-state index in [-0.39, 0.29) is 6.04 Å². The summed E-state index contributed by atoms with van der Waals surface area (Å²) in [5.41, 5.74) is 5.33. The number of aromatic nitrogens is 1. The molecule has 3 aromatic rings. The van der Waals surface area contributed by atoms with Crippen molar-refractivity contribution >= 4 is 23.4 Å². The Morgan fingerprint density at radius 3 is 2.52 bits per heavy atom. The first-order chi connectivity index (χ1) is 15.1. The number of rotatable bonds is 6. The summed E-state index contributed by atoms with van der Waals surface area (Å²) >= 11 is 1.73. The molecule has 1 fully saturated rings. The second kappa shape index (κ2) is 9.62. The molecule has 162 valence electrons. The van der Waals surface area contributed by atoms with Gasteiger partial charge in [0.25, 0.3) is 0 Å². The molecule has 1 aliphatic rings. The van der Waals surface area contributed by atoms with Crippen molar-refractivity contribution in [1.82, 2.24) is 9.88 Å². The summed E-state index contributed by atoms with van der Waals surface area (Å²) in [6.07, 6.45) is 6.08.